The molecule has 1 rings (SSSR count). The molecule has 82 valence electrons. The number of benzene rings is 1. The van der Waals surface area contributed by atoms with Gasteiger partial charge >= 0.3 is 0 Å². The van der Waals surface area contributed by atoms with E-state index in [9.17, 15) is 10.1 Å². The van der Waals surface area contributed by atoms with E-state index in [1.54, 1.807) is 19.2 Å². The molecule has 0 aromatic heterocycles. The first-order chi connectivity index (χ1) is 7.24. The molecule has 5 nitrogen and oxygen atoms in total. The van der Waals surface area contributed by atoms with Gasteiger partial charge in [-0.3, -0.25) is 10.1 Å². The molecule has 0 spiro atoms. The molecular formula is C10H13NO4. The van der Waals surface area contributed by atoms with Crippen LogP contribution in [0.15, 0.2) is 24.3 Å². The third kappa shape index (κ3) is 3.95. The Morgan fingerprint density at radius 3 is 2.47 bits per heavy atom. The van der Waals surface area contributed by atoms with E-state index < -0.39 is 4.92 Å². The molecule has 0 atom stereocenters. The highest BCUT2D eigenvalue weighted by atomic mass is 16.6. The van der Waals surface area contributed by atoms with Gasteiger partial charge in [0, 0.05) is 32.3 Å². The van der Waals surface area contributed by atoms with Crippen molar-refractivity contribution < 1.29 is 14.4 Å². The highest BCUT2D eigenvalue weighted by molar-refractivity contribution is 5.35. The zero-order valence-corrected chi connectivity index (χ0v) is 8.51. The Labute approximate surface area is 87.8 Å². The quantitative estimate of drug-likeness (QED) is 0.410. The number of rotatable bonds is 6. The SMILES string of the molecule is COCCCOc1ccc([N+](=O)[O-])cc1. The van der Waals surface area contributed by atoms with Crippen molar-refractivity contribution in [3.8, 4) is 5.75 Å². The first-order valence-corrected chi connectivity index (χ1v) is 4.60. The fourth-order valence-electron chi connectivity index (χ4n) is 1.06. The summed E-state index contributed by atoms with van der Waals surface area (Å²) in [5.74, 6) is 0.636. The topological polar surface area (TPSA) is 61.6 Å². The largest absolute Gasteiger partial charge is 0.494 e. The Morgan fingerprint density at radius 2 is 1.93 bits per heavy atom. The molecule has 0 fully saturated rings. The summed E-state index contributed by atoms with van der Waals surface area (Å²) in [4.78, 5) is 9.92. The average molecular weight is 211 g/mol. The lowest BCUT2D eigenvalue weighted by Crippen LogP contribution is -2.01. The molecule has 0 amide bonds. The van der Waals surface area contributed by atoms with Crippen LogP contribution in [0.4, 0.5) is 5.69 Å². The molecule has 0 heterocycles. The van der Waals surface area contributed by atoms with Crippen molar-refractivity contribution in [2.24, 2.45) is 0 Å². The number of nitro groups is 1. The Morgan fingerprint density at radius 1 is 1.27 bits per heavy atom. The van der Waals surface area contributed by atoms with E-state index in [-0.39, 0.29) is 5.69 Å². The van der Waals surface area contributed by atoms with Crippen LogP contribution in [-0.2, 0) is 4.74 Å². The number of nitro benzene ring substituents is 1. The van der Waals surface area contributed by atoms with E-state index in [1.807, 2.05) is 0 Å². The van der Waals surface area contributed by atoms with Crippen molar-refractivity contribution in [1.82, 2.24) is 0 Å². The van der Waals surface area contributed by atoms with Crippen LogP contribution in [0.2, 0.25) is 0 Å². The standard InChI is InChI=1S/C10H13NO4/c1-14-7-2-8-15-10-5-3-9(4-6-10)11(12)13/h3-6H,2,7-8H2,1H3. The monoisotopic (exact) mass is 211 g/mol. The highest BCUT2D eigenvalue weighted by Crippen LogP contribution is 2.17. The summed E-state index contributed by atoms with van der Waals surface area (Å²) in [6, 6.07) is 6.02. The van der Waals surface area contributed by atoms with E-state index in [1.165, 1.54) is 12.1 Å². The van der Waals surface area contributed by atoms with Crippen LogP contribution in [-0.4, -0.2) is 25.2 Å². The molecule has 5 heteroatoms. The summed E-state index contributed by atoms with van der Waals surface area (Å²) in [6.07, 6.45) is 0.799. The van der Waals surface area contributed by atoms with E-state index in [4.69, 9.17) is 9.47 Å². The minimum atomic E-state index is -0.436. The third-order valence-corrected chi connectivity index (χ3v) is 1.81. The average Bonchev–Trinajstić information content (AvgIpc) is 2.25. The van der Waals surface area contributed by atoms with Gasteiger partial charge in [-0.25, -0.2) is 0 Å². The van der Waals surface area contributed by atoms with Crippen LogP contribution in [0, 0.1) is 10.1 Å². The minimum absolute atomic E-state index is 0.0687. The van der Waals surface area contributed by atoms with Crippen LogP contribution >= 0.6 is 0 Å². The number of non-ortho nitro benzene ring substituents is 1. The summed E-state index contributed by atoms with van der Waals surface area (Å²) in [5.41, 5.74) is 0.0687. The molecule has 1 aromatic carbocycles. The van der Waals surface area contributed by atoms with E-state index >= 15 is 0 Å². The first-order valence-electron chi connectivity index (χ1n) is 4.60. The van der Waals surface area contributed by atoms with Gasteiger partial charge in [0.05, 0.1) is 11.5 Å². The van der Waals surface area contributed by atoms with Gasteiger partial charge in [0.2, 0.25) is 0 Å². The van der Waals surface area contributed by atoms with Gasteiger partial charge < -0.3 is 9.47 Å². The molecule has 1 aromatic rings. The molecule has 0 saturated heterocycles. The second-order valence-electron chi connectivity index (χ2n) is 2.95. The predicted octanol–water partition coefficient (Wildman–Crippen LogP) is 2.01. The minimum Gasteiger partial charge on any atom is -0.494 e. The molecule has 0 radical (unpaired) electrons. The van der Waals surface area contributed by atoms with Crippen molar-refractivity contribution >= 4 is 5.69 Å². The summed E-state index contributed by atoms with van der Waals surface area (Å²) < 4.78 is 10.2. The van der Waals surface area contributed by atoms with Gasteiger partial charge in [-0.2, -0.15) is 0 Å². The van der Waals surface area contributed by atoms with Crippen LogP contribution in [0.1, 0.15) is 6.42 Å². The lowest BCUT2D eigenvalue weighted by molar-refractivity contribution is -0.384. The maximum absolute atomic E-state index is 10.4. The molecule has 0 aliphatic heterocycles. The van der Waals surface area contributed by atoms with Gasteiger partial charge in [0.15, 0.2) is 0 Å². The summed E-state index contributed by atoms with van der Waals surface area (Å²) >= 11 is 0. The number of ether oxygens (including phenoxy) is 2. The number of hydrogen-bond acceptors (Lipinski definition) is 4. The van der Waals surface area contributed by atoms with Crippen molar-refractivity contribution in [3.63, 3.8) is 0 Å². The summed E-state index contributed by atoms with van der Waals surface area (Å²) in [7, 11) is 1.63. The molecule has 15 heavy (non-hydrogen) atoms. The van der Waals surface area contributed by atoms with E-state index in [0.29, 0.717) is 19.0 Å². The fourth-order valence-corrected chi connectivity index (χ4v) is 1.06. The van der Waals surface area contributed by atoms with Crippen molar-refractivity contribution in [1.29, 1.82) is 0 Å². The maximum atomic E-state index is 10.4. The van der Waals surface area contributed by atoms with Crippen LogP contribution in [0.3, 0.4) is 0 Å². The molecule has 0 N–H and O–H groups in total. The molecule has 0 saturated carbocycles. The smallest absolute Gasteiger partial charge is 0.269 e. The Hall–Kier alpha value is -1.62. The number of hydrogen-bond donors (Lipinski definition) is 0. The van der Waals surface area contributed by atoms with Crippen molar-refractivity contribution in [2.45, 2.75) is 6.42 Å². The van der Waals surface area contributed by atoms with Gasteiger partial charge in [0.25, 0.3) is 5.69 Å². The van der Waals surface area contributed by atoms with Gasteiger partial charge in [0.1, 0.15) is 5.75 Å². The Bertz CT molecular complexity index is 310. The van der Waals surface area contributed by atoms with Crippen molar-refractivity contribution in [2.75, 3.05) is 20.3 Å². The number of nitrogens with zero attached hydrogens (tertiary/aromatic N) is 1. The lowest BCUT2D eigenvalue weighted by Gasteiger charge is -2.04. The molecule has 0 unspecified atom stereocenters. The fraction of sp³-hybridized carbons (Fsp3) is 0.400. The number of methoxy groups -OCH3 is 1. The Balaban J connectivity index is 2.39. The third-order valence-electron chi connectivity index (χ3n) is 1.81. The van der Waals surface area contributed by atoms with E-state index in [0.717, 1.165) is 6.42 Å². The predicted molar refractivity (Wildman–Crippen MR) is 55.1 cm³/mol. The first kappa shape index (κ1) is 11.5. The lowest BCUT2D eigenvalue weighted by atomic mass is 10.3. The van der Waals surface area contributed by atoms with Crippen LogP contribution in [0.25, 0.3) is 0 Å². The van der Waals surface area contributed by atoms with Gasteiger partial charge in [-0.15, -0.1) is 0 Å². The maximum Gasteiger partial charge on any atom is 0.269 e. The second kappa shape index (κ2) is 5.98. The Kier molecular flexibility index (Phi) is 4.56. The molecule has 0 aliphatic rings. The van der Waals surface area contributed by atoms with Crippen LogP contribution < -0.4 is 4.74 Å². The molecule has 0 bridgehead atoms. The van der Waals surface area contributed by atoms with Crippen molar-refractivity contribution in [3.05, 3.63) is 34.4 Å². The second-order valence-corrected chi connectivity index (χ2v) is 2.95. The zero-order chi connectivity index (χ0) is 11.1. The van der Waals surface area contributed by atoms with Crippen LogP contribution in [0.5, 0.6) is 5.75 Å². The summed E-state index contributed by atoms with van der Waals surface area (Å²) in [6.45, 7) is 1.19. The molecular weight excluding hydrogens is 198 g/mol. The zero-order valence-electron chi connectivity index (χ0n) is 8.51. The van der Waals surface area contributed by atoms with Gasteiger partial charge in [-0.05, 0) is 12.1 Å². The summed E-state index contributed by atoms with van der Waals surface area (Å²) in [5, 5.41) is 10.4. The van der Waals surface area contributed by atoms with Gasteiger partial charge in [-0.1, -0.05) is 0 Å². The van der Waals surface area contributed by atoms with E-state index in [2.05, 4.69) is 0 Å². The highest BCUT2D eigenvalue weighted by Gasteiger charge is 2.03. The normalized spacial score (nSPS) is 9.93. The molecule has 0 aliphatic carbocycles.